The molecule has 3 N–H and O–H groups in total. The normalized spacial score (nSPS) is 14.0. The molecular weight excluding hydrogens is 462 g/mol. The second kappa shape index (κ2) is 8.25. The predicted molar refractivity (Wildman–Crippen MR) is 128 cm³/mol. The fourth-order valence-electron chi connectivity index (χ4n) is 4.42. The molecule has 3 heterocycles. The summed E-state index contributed by atoms with van der Waals surface area (Å²) >= 11 is 5.85. The van der Waals surface area contributed by atoms with E-state index in [0.717, 1.165) is 0 Å². The molecule has 7 nitrogen and oxygen atoms in total. The standard InChI is InChI=1S/C24H21ClF2N6O/c1-12-19(20-22(28)30-13(2)31-23(20)29-12)16-7-6-15(10-18(16)26)33-9-8-32(24(33)34)11-14-4-3-5-17(25)21(14)27/h3-7,10H,8-9,11H2,1-2H3,(H3,28,29,30,31). The summed E-state index contributed by atoms with van der Waals surface area (Å²) in [6, 6.07) is 8.97. The van der Waals surface area contributed by atoms with Crippen molar-refractivity contribution in [1.82, 2.24) is 19.9 Å². The summed E-state index contributed by atoms with van der Waals surface area (Å²) in [7, 11) is 0. The van der Waals surface area contributed by atoms with Crippen molar-refractivity contribution in [3.8, 4) is 11.1 Å². The highest BCUT2D eigenvalue weighted by molar-refractivity contribution is 6.30. The Morgan fingerprint density at radius 3 is 2.71 bits per heavy atom. The quantitative estimate of drug-likeness (QED) is 0.418. The average molecular weight is 483 g/mol. The third-order valence-electron chi connectivity index (χ3n) is 6.00. The van der Waals surface area contributed by atoms with Gasteiger partial charge >= 0.3 is 6.03 Å². The minimum absolute atomic E-state index is 0.00688. The van der Waals surface area contributed by atoms with Crippen LogP contribution in [0, 0.1) is 25.5 Å². The number of nitrogen functional groups attached to an aromatic ring is 1. The maximum Gasteiger partial charge on any atom is 0.324 e. The molecule has 0 spiro atoms. The molecule has 5 rings (SSSR count). The van der Waals surface area contributed by atoms with E-state index in [0.29, 0.717) is 58.0 Å². The summed E-state index contributed by atoms with van der Waals surface area (Å²) in [5.74, 6) is -0.265. The Bertz CT molecular complexity index is 1450. The minimum atomic E-state index is -0.543. The van der Waals surface area contributed by atoms with Crippen LogP contribution < -0.4 is 10.6 Å². The molecule has 2 aromatic carbocycles. The van der Waals surface area contributed by atoms with E-state index in [1.807, 2.05) is 6.92 Å². The number of carbonyl (C=O) groups is 1. The van der Waals surface area contributed by atoms with Crippen LogP contribution in [0.4, 0.5) is 25.1 Å². The molecule has 10 heteroatoms. The molecule has 1 saturated heterocycles. The molecule has 0 radical (unpaired) electrons. The minimum Gasteiger partial charge on any atom is -0.383 e. The van der Waals surface area contributed by atoms with Crippen molar-refractivity contribution in [3.63, 3.8) is 0 Å². The van der Waals surface area contributed by atoms with E-state index in [1.54, 1.807) is 31.2 Å². The van der Waals surface area contributed by atoms with Crippen LogP contribution in [-0.2, 0) is 6.54 Å². The van der Waals surface area contributed by atoms with Gasteiger partial charge in [-0.15, -0.1) is 0 Å². The number of aromatic nitrogens is 3. The van der Waals surface area contributed by atoms with E-state index in [1.165, 1.54) is 21.9 Å². The van der Waals surface area contributed by atoms with Crippen LogP contribution >= 0.6 is 11.6 Å². The molecule has 34 heavy (non-hydrogen) atoms. The zero-order chi connectivity index (χ0) is 24.1. The first-order chi connectivity index (χ1) is 16.2. The lowest BCUT2D eigenvalue weighted by Gasteiger charge is -2.20. The van der Waals surface area contributed by atoms with Gasteiger partial charge in [0, 0.05) is 41.2 Å². The number of H-pyrrole nitrogens is 1. The van der Waals surface area contributed by atoms with Crippen molar-refractivity contribution in [2.75, 3.05) is 23.7 Å². The number of benzene rings is 2. The Morgan fingerprint density at radius 2 is 1.94 bits per heavy atom. The number of fused-ring (bicyclic) bond motifs is 1. The topological polar surface area (TPSA) is 91.1 Å². The molecule has 0 unspecified atom stereocenters. The number of nitrogens with two attached hydrogens (primary N) is 1. The van der Waals surface area contributed by atoms with Crippen LogP contribution in [0.15, 0.2) is 36.4 Å². The lowest BCUT2D eigenvalue weighted by Crippen LogP contribution is -2.31. The van der Waals surface area contributed by atoms with Crippen LogP contribution in [0.3, 0.4) is 0 Å². The van der Waals surface area contributed by atoms with Gasteiger partial charge in [0.2, 0.25) is 0 Å². The number of aromatic amines is 1. The third-order valence-corrected chi connectivity index (χ3v) is 6.29. The van der Waals surface area contributed by atoms with E-state index < -0.39 is 11.6 Å². The molecule has 4 aromatic rings. The molecular formula is C24H21ClF2N6O. The Morgan fingerprint density at radius 1 is 1.15 bits per heavy atom. The number of amides is 2. The van der Waals surface area contributed by atoms with Gasteiger partial charge in [-0.25, -0.2) is 23.5 Å². The molecule has 2 aromatic heterocycles. The summed E-state index contributed by atoms with van der Waals surface area (Å²) in [6.45, 7) is 4.36. The number of halogens is 3. The number of hydrogen-bond donors (Lipinski definition) is 2. The third kappa shape index (κ3) is 3.62. The smallest absolute Gasteiger partial charge is 0.324 e. The van der Waals surface area contributed by atoms with Gasteiger partial charge in [-0.2, -0.15) is 0 Å². The number of hydrogen-bond acceptors (Lipinski definition) is 4. The van der Waals surface area contributed by atoms with Crippen LogP contribution in [0.25, 0.3) is 22.2 Å². The van der Waals surface area contributed by atoms with Gasteiger partial charge in [0.05, 0.1) is 17.0 Å². The fourth-order valence-corrected chi connectivity index (χ4v) is 4.61. The van der Waals surface area contributed by atoms with Crippen molar-refractivity contribution in [2.24, 2.45) is 0 Å². The van der Waals surface area contributed by atoms with E-state index in [-0.39, 0.29) is 23.4 Å². The van der Waals surface area contributed by atoms with Crippen molar-refractivity contribution in [2.45, 2.75) is 20.4 Å². The highest BCUT2D eigenvalue weighted by atomic mass is 35.5. The molecule has 0 aliphatic carbocycles. The Balaban J connectivity index is 1.44. The molecule has 1 fully saturated rings. The number of aryl methyl sites for hydroxylation is 2. The maximum absolute atomic E-state index is 15.3. The molecule has 0 bridgehead atoms. The monoisotopic (exact) mass is 482 g/mol. The highest BCUT2D eigenvalue weighted by Crippen LogP contribution is 2.37. The fraction of sp³-hybridized carbons (Fsp3) is 0.208. The Kier molecular flexibility index (Phi) is 5.36. The number of nitrogens with one attached hydrogen (secondary N) is 1. The lowest BCUT2D eigenvalue weighted by molar-refractivity contribution is 0.218. The number of carbonyl (C=O) groups excluding carboxylic acids is 1. The largest absolute Gasteiger partial charge is 0.383 e. The Labute approximate surface area is 199 Å². The summed E-state index contributed by atoms with van der Waals surface area (Å²) in [6.07, 6.45) is 0. The number of urea groups is 1. The van der Waals surface area contributed by atoms with Crippen LogP contribution in [0.1, 0.15) is 17.1 Å². The van der Waals surface area contributed by atoms with E-state index in [2.05, 4.69) is 15.0 Å². The second-order valence-electron chi connectivity index (χ2n) is 8.24. The predicted octanol–water partition coefficient (Wildman–Crippen LogP) is 5.20. The van der Waals surface area contributed by atoms with Gasteiger partial charge in [-0.05, 0) is 38.1 Å². The highest BCUT2D eigenvalue weighted by Gasteiger charge is 2.31. The van der Waals surface area contributed by atoms with Crippen molar-refractivity contribution in [1.29, 1.82) is 0 Å². The maximum atomic E-state index is 15.3. The molecule has 1 aliphatic rings. The van der Waals surface area contributed by atoms with Gasteiger partial charge in [0.1, 0.15) is 28.9 Å². The van der Waals surface area contributed by atoms with Gasteiger partial charge in [-0.3, -0.25) is 4.90 Å². The van der Waals surface area contributed by atoms with Crippen molar-refractivity contribution >= 4 is 40.2 Å². The molecule has 0 saturated carbocycles. The first-order valence-electron chi connectivity index (χ1n) is 10.7. The summed E-state index contributed by atoms with van der Waals surface area (Å²) < 4.78 is 29.6. The SMILES string of the molecule is Cc1nc(N)c2c(-c3ccc(N4CCN(Cc5cccc(Cl)c5F)C4=O)cc3F)c(C)[nH]c2n1. The van der Waals surface area contributed by atoms with E-state index >= 15 is 4.39 Å². The zero-order valence-corrected chi connectivity index (χ0v) is 19.2. The van der Waals surface area contributed by atoms with Gasteiger partial charge in [-0.1, -0.05) is 23.7 Å². The first kappa shape index (κ1) is 22.1. The van der Waals surface area contributed by atoms with Crippen LogP contribution in [-0.4, -0.2) is 39.0 Å². The number of nitrogens with zero attached hydrogens (tertiary/aromatic N) is 4. The molecule has 1 aliphatic heterocycles. The lowest BCUT2D eigenvalue weighted by atomic mass is 10.0. The van der Waals surface area contributed by atoms with Crippen LogP contribution in [0.5, 0.6) is 0 Å². The first-order valence-corrected chi connectivity index (χ1v) is 11.0. The summed E-state index contributed by atoms with van der Waals surface area (Å²) in [5, 5.41) is 0.564. The van der Waals surface area contributed by atoms with Gasteiger partial charge in [0.25, 0.3) is 0 Å². The Hall–Kier alpha value is -3.72. The van der Waals surface area contributed by atoms with Gasteiger partial charge < -0.3 is 15.6 Å². The van der Waals surface area contributed by atoms with E-state index in [9.17, 15) is 9.18 Å². The number of rotatable bonds is 4. The molecule has 0 atom stereocenters. The summed E-state index contributed by atoms with van der Waals surface area (Å²) in [5.41, 5.74) is 9.03. The van der Waals surface area contributed by atoms with E-state index in [4.69, 9.17) is 17.3 Å². The van der Waals surface area contributed by atoms with Gasteiger partial charge in [0.15, 0.2) is 0 Å². The summed E-state index contributed by atoms with van der Waals surface area (Å²) in [4.78, 5) is 27.6. The number of anilines is 2. The molecule has 2 amide bonds. The average Bonchev–Trinajstić information content (AvgIpc) is 3.30. The zero-order valence-electron chi connectivity index (χ0n) is 18.5. The second-order valence-corrected chi connectivity index (χ2v) is 8.64. The van der Waals surface area contributed by atoms with Crippen molar-refractivity contribution < 1.29 is 13.6 Å². The molecule has 174 valence electrons. The van der Waals surface area contributed by atoms with Crippen molar-refractivity contribution in [3.05, 3.63) is 70.1 Å². The van der Waals surface area contributed by atoms with Crippen LogP contribution in [0.2, 0.25) is 5.02 Å².